The molecule has 0 aliphatic heterocycles. The van der Waals surface area contributed by atoms with Gasteiger partial charge in [0.15, 0.2) is 9.84 Å². The maximum absolute atomic E-state index is 12.1. The molecule has 0 atom stereocenters. The summed E-state index contributed by atoms with van der Waals surface area (Å²) in [7, 11) is -3.26. The minimum absolute atomic E-state index is 0.0640. The normalized spacial score (nSPS) is 11.8. The van der Waals surface area contributed by atoms with E-state index in [4.69, 9.17) is 0 Å². The Hall–Kier alpha value is -1.16. The van der Waals surface area contributed by atoms with Crippen molar-refractivity contribution in [1.29, 1.82) is 0 Å². The van der Waals surface area contributed by atoms with E-state index in [9.17, 15) is 13.2 Å². The Morgan fingerprint density at radius 3 is 2.39 bits per heavy atom. The van der Waals surface area contributed by atoms with Gasteiger partial charge in [-0.25, -0.2) is 8.42 Å². The zero-order chi connectivity index (χ0) is 13.8. The van der Waals surface area contributed by atoms with Gasteiger partial charge in [0, 0.05) is 12.3 Å². The Balaban J connectivity index is 3.11. The zero-order valence-electron chi connectivity index (χ0n) is 11.1. The van der Waals surface area contributed by atoms with Crippen molar-refractivity contribution in [1.82, 2.24) is 0 Å². The lowest BCUT2D eigenvalue weighted by atomic mass is 10.0. The van der Waals surface area contributed by atoms with Crippen molar-refractivity contribution in [2.24, 2.45) is 5.92 Å². The van der Waals surface area contributed by atoms with Gasteiger partial charge < -0.3 is 0 Å². The van der Waals surface area contributed by atoms with Crippen LogP contribution in [-0.4, -0.2) is 20.0 Å². The van der Waals surface area contributed by atoms with Gasteiger partial charge in [0.2, 0.25) is 0 Å². The number of benzene rings is 1. The number of sulfone groups is 1. The van der Waals surface area contributed by atoms with Gasteiger partial charge in [-0.3, -0.25) is 4.79 Å². The molecule has 0 fully saturated rings. The molecule has 18 heavy (non-hydrogen) atoms. The lowest BCUT2D eigenvalue weighted by molar-refractivity contribution is -0.121. The summed E-state index contributed by atoms with van der Waals surface area (Å²) in [5.41, 5.74) is 0.615. The van der Waals surface area contributed by atoms with Crippen LogP contribution in [0.15, 0.2) is 29.2 Å². The number of rotatable bonds is 6. The van der Waals surface area contributed by atoms with Gasteiger partial charge in [-0.15, -0.1) is 0 Å². The quantitative estimate of drug-likeness (QED) is 0.797. The highest BCUT2D eigenvalue weighted by atomic mass is 32.2. The highest BCUT2D eigenvalue weighted by Gasteiger charge is 2.19. The van der Waals surface area contributed by atoms with Gasteiger partial charge in [0.05, 0.1) is 10.6 Å². The number of ketones is 1. The molecular formula is C14H20O3S. The summed E-state index contributed by atoms with van der Waals surface area (Å²) in [6.07, 6.45) is 0.769. The molecule has 0 aliphatic rings. The Labute approximate surface area is 109 Å². The molecule has 1 aromatic rings. The van der Waals surface area contributed by atoms with Crippen molar-refractivity contribution in [2.75, 3.05) is 5.75 Å². The van der Waals surface area contributed by atoms with Crippen molar-refractivity contribution >= 4 is 15.6 Å². The van der Waals surface area contributed by atoms with E-state index in [1.54, 1.807) is 24.3 Å². The average molecular weight is 268 g/mol. The molecule has 0 amide bonds. The van der Waals surface area contributed by atoms with Crippen LogP contribution in [0.2, 0.25) is 0 Å². The largest absolute Gasteiger partial charge is 0.299 e. The molecule has 3 nitrogen and oxygen atoms in total. The highest BCUT2D eigenvalue weighted by Crippen LogP contribution is 2.19. The number of carbonyl (C=O) groups is 1. The van der Waals surface area contributed by atoms with Crippen molar-refractivity contribution in [3.8, 4) is 0 Å². The summed E-state index contributed by atoms with van der Waals surface area (Å²) in [4.78, 5) is 12.1. The van der Waals surface area contributed by atoms with Crippen LogP contribution in [0.3, 0.4) is 0 Å². The van der Waals surface area contributed by atoms with Crippen LogP contribution < -0.4 is 0 Å². The SMILES string of the molecule is CCCS(=O)(=O)c1ccccc1CC(=O)C(C)C. The van der Waals surface area contributed by atoms with Crippen LogP contribution in [0, 0.1) is 5.92 Å². The predicted molar refractivity (Wildman–Crippen MR) is 72.3 cm³/mol. The summed E-state index contributed by atoms with van der Waals surface area (Å²) < 4.78 is 24.2. The van der Waals surface area contributed by atoms with Gasteiger partial charge in [-0.2, -0.15) is 0 Å². The van der Waals surface area contributed by atoms with Crippen LogP contribution in [-0.2, 0) is 21.1 Å². The van der Waals surface area contributed by atoms with Gasteiger partial charge in [-0.1, -0.05) is 39.0 Å². The maximum Gasteiger partial charge on any atom is 0.178 e. The van der Waals surface area contributed by atoms with Crippen molar-refractivity contribution in [3.05, 3.63) is 29.8 Å². The first-order valence-corrected chi connectivity index (χ1v) is 7.87. The number of carbonyl (C=O) groups excluding carboxylic acids is 1. The molecule has 0 aliphatic carbocycles. The first-order chi connectivity index (χ1) is 8.38. The van der Waals surface area contributed by atoms with Crippen molar-refractivity contribution in [2.45, 2.75) is 38.5 Å². The number of hydrogen-bond donors (Lipinski definition) is 0. The fraction of sp³-hybridized carbons (Fsp3) is 0.500. The van der Waals surface area contributed by atoms with Crippen molar-refractivity contribution in [3.63, 3.8) is 0 Å². The van der Waals surface area contributed by atoms with E-state index in [1.807, 2.05) is 20.8 Å². The summed E-state index contributed by atoms with van der Waals surface area (Å²) in [5.74, 6) is 0.112. The van der Waals surface area contributed by atoms with E-state index in [2.05, 4.69) is 0 Å². The summed E-state index contributed by atoms with van der Waals surface area (Å²) in [6.45, 7) is 5.48. The molecule has 0 N–H and O–H groups in total. The number of hydrogen-bond acceptors (Lipinski definition) is 3. The first kappa shape index (κ1) is 14.9. The second kappa shape index (κ2) is 6.14. The summed E-state index contributed by atoms with van der Waals surface area (Å²) in [5, 5.41) is 0. The predicted octanol–water partition coefficient (Wildman–Crippen LogP) is 2.64. The molecular weight excluding hydrogens is 248 g/mol. The molecule has 0 aromatic heterocycles. The van der Waals surface area contributed by atoms with E-state index in [0.29, 0.717) is 16.9 Å². The third-order valence-electron chi connectivity index (χ3n) is 2.79. The summed E-state index contributed by atoms with van der Waals surface area (Å²) >= 11 is 0. The molecule has 0 bridgehead atoms. The van der Waals surface area contributed by atoms with Crippen LogP contribution in [0.4, 0.5) is 0 Å². The average Bonchev–Trinajstić information content (AvgIpc) is 2.29. The Morgan fingerprint density at radius 1 is 1.22 bits per heavy atom. The minimum Gasteiger partial charge on any atom is -0.299 e. The van der Waals surface area contributed by atoms with E-state index in [0.717, 1.165) is 0 Å². The Morgan fingerprint density at radius 2 is 1.83 bits per heavy atom. The Kier molecular flexibility index (Phi) is 5.08. The number of Topliss-reactive ketones (excluding diaryl/α,β-unsaturated/α-hetero) is 1. The minimum atomic E-state index is -3.26. The molecule has 0 unspecified atom stereocenters. The lowest BCUT2D eigenvalue weighted by Crippen LogP contribution is -2.14. The molecule has 4 heteroatoms. The fourth-order valence-corrected chi connectivity index (χ4v) is 3.31. The fourth-order valence-electron chi connectivity index (χ4n) is 1.72. The molecule has 0 radical (unpaired) electrons. The van der Waals surface area contributed by atoms with E-state index >= 15 is 0 Å². The molecule has 100 valence electrons. The van der Waals surface area contributed by atoms with E-state index in [-0.39, 0.29) is 23.9 Å². The third-order valence-corrected chi connectivity index (χ3v) is 4.80. The first-order valence-electron chi connectivity index (χ1n) is 6.22. The van der Waals surface area contributed by atoms with Crippen LogP contribution >= 0.6 is 0 Å². The summed E-state index contributed by atoms with van der Waals surface area (Å²) in [6, 6.07) is 6.79. The van der Waals surface area contributed by atoms with Gasteiger partial charge in [0.25, 0.3) is 0 Å². The van der Waals surface area contributed by atoms with Crippen LogP contribution in [0.5, 0.6) is 0 Å². The topological polar surface area (TPSA) is 51.2 Å². The van der Waals surface area contributed by atoms with Gasteiger partial charge in [0.1, 0.15) is 5.78 Å². The highest BCUT2D eigenvalue weighted by molar-refractivity contribution is 7.91. The Bertz CT molecular complexity index is 516. The van der Waals surface area contributed by atoms with Crippen LogP contribution in [0.1, 0.15) is 32.8 Å². The van der Waals surface area contributed by atoms with Gasteiger partial charge >= 0.3 is 0 Å². The smallest absolute Gasteiger partial charge is 0.178 e. The zero-order valence-corrected chi connectivity index (χ0v) is 12.0. The molecule has 0 spiro atoms. The maximum atomic E-state index is 12.1. The molecule has 1 aromatic carbocycles. The molecule has 0 saturated heterocycles. The third kappa shape index (κ3) is 3.67. The standard InChI is InChI=1S/C14H20O3S/c1-4-9-18(16,17)14-8-6-5-7-12(14)10-13(15)11(2)3/h5-8,11H,4,9-10H2,1-3H3. The van der Waals surface area contributed by atoms with Gasteiger partial charge in [-0.05, 0) is 18.1 Å². The van der Waals surface area contributed by atoms with Crippen molar-refractivity contribution < 1.29 is 13.2 Å². The lowest BCUT2D eigenvalue weighted by Gasteiger charge is -2.10. The van der Waals surface area contributed by atoms with E-state index < -0.39 is 9.84 Å². The molecule has 0 heterocycles. The second-order valence-electron chi connectivity index (χ2n) is 4.72. The van der Waals surface area contributed by atoms with E-state index in [1.165, 1.54) is 0 Å². The monoisotopic (exact) mass is 268 g/mol. The molecule has 0 saturated carbocycles. The second-order valence-corrected chi connectivity index (χ2v) is 6.80. The van der Waals surface area contributed by atoms with Crippen LogP contribution in [0.25, 0.3) is 0 Å². The molecule has 1 rings (SSSR count).